The van der Waals surface area contributed by atoms with Gasteiger partial charge in [0.05, 0.1) is 0 Å². The standard InChI is InChI=1S/C14H24N4/c1-5-15-7-13-8-16-14(17-11(13)3)18(4)9-12-6-10(12)2/h8,10,12,15H,5-7,9H2,1-4H3. The fourth-order valence-electron chi connectivity index (χ4n) is 2.18. The van der Waals surface area contributed by atoms with Gasteiger partial charge in [0.2, 0.25) is 5.95 Å². The second kappa shape index (κ2) is 5.65. The van der Waals surface area contributed by atoms with Crippen LogP contribution in [0.25, 0.3) is 0 Å². The molecule has 2 atom stereocenters. The highest BCUT2D eigenvalue weighted by molar-refractivity contribution is 5.32. The third-order valence-corrected chi connectivity index (χ3v) is 3.76. The van der Waals surface area contributed by atoms with Crippen molar-refractivity contribution in [2.75, 3.05) is 25.0 Å². The number of hydrogen-bond acceptors (Lipinski definition) is 4. The van der Waals surface area contributed by atoms with E-state index in [1.165, 1.54) is 12.0 Å². The summed E-state index contributed by atoms with van der Waals surface area (Å²) in [7, 11) is 2.09. The van der Waals surface area contributed by atoms with Gasteiger partial charge in [-0.2, -0.15) is 0 Å². The molecular weight excluding hydrogens is 224 g/mol. The predicted octanol–water partition coefficient (Wildman–Crippen LogP) is 1.99. The lowest BCUT2D eigenvalue weighted by Gasteiger charge is -2.18. The zero-order valence-electron chi connectivity index (χ0n) is 11.9. The molecule has 1 saturated carbocycles. The van der Waals surface area contributed by atoms with Crippen LogP contribution in [0, 0.1) is 18.8 Å². The number of nitrogens with one attached hydrogen (secondary N) is 1. The molecule has 0 spiro atoms. The lowest BCUT2D eigenvalue weighted by Crippen LogP contribution is -2.23. The van der Waals surface area contributed by atoms with E-state index in [1.807, 2.05) is 6.20 Å². The average molecular weight is 248 g/mol. The van der Waals surface area contributed by atoms with Gasteiger partial charge in [-0.05, 0) is 31.7 Å². The van der Waals surface area contributed by atoms with Gasteiger partial charge in [0.25, 0.3) is 0 Å². The van der Waals surface area contributed by atoms with Crippen LogP contribution in [0.3, 0.4) is 0 Å². The number of anilines is 1. The zero-order chi connectivity index (χ0) is 13.1. The van der Waals surface area contributed by atoms with Crippen molar-refractivity contribution in [3.8, 4) is 0 Å². The van der Waals surface area contributed by atoms with Crippen molar-refractivity contribution < 1.29 is 0 Å². The molecule has 1 heterocycles. The first-order valence-corrected chi connectivity index (χ1v) is 6.86. The minimum absolute atomic E-state index is 0.834. The second-order valence-electron chi connectivity index (χ2n) is 5.41. The molecule has 1 fully saturated rings. The molecule has 2 unspecified atom stereocenters. The molecule has 0 saturated heterocycles. The van der Waals surface area contributed by atoms with Crippen LogP contribution < -0.4 is 10.2 Å². The summed E-state index contributed by atoms with van der Waals surface area (Å²) in [4.78, 5) is 11.3. The number of aryl methyl sites for hydroxylation is 1. The molecular formula is C14H24N4. The van der Waals surface area contributed by atoms with Gasteiger partial charge in [-0.15, -0.1) is 0 Å². The first-order valence-electron chi connectivity index (χ1n) is 6.86. The fourth-order valence-corrected chi connectivity index (χ4v) is 2.18. The first-order chi connectivity index (χ1) is 8.61. The molecule has 1 aliphatic carbocycles. The molecule has 100 valence electrons. The molecule has 4 nitrogen and oxygen atoms in total. The third-order valence-electron chi connectivity index (χ3n) is 3.76. The minimum atomic E-state index is 0.834. The first kappa shape index (κ1) is 13.3. The van der Waals surface area contributed by atoms with E-state index in [0.29, 0.717) is 0 Å². The van der Waals surface area contributed by atoms with E-state index in [1.54, 1.807) is 0 Å². The van der Waals surface area contributed by atoms with E-state index < -0.39 is 0 Å². The van der Waals surface area contributed by atoms with E-state index in [9.17, 15) is 0 Å². The molecule has 1 aromatic heterocycles. The highest BCUT2D eigenvalue weighted by Gasteiger charge is 2.33. The summed E-state index contributed by atoms with van der Waals surface area (Å²) in [6.45, 7) is 9.38. The Hall–Kier alpha value is -1.16. The SMILES string of the molecule is CCNCc1cnc(N(C)CC2CC2C)nc1C. The molecule has 0 aliphatic heterocycles. The van der Waals surface area contributed by atoms with Gasteiger partial charge in [0.1, 0.15) is 0 Å². The smallest absolute Gasteiger partial charge is 0.225 e. The molecule has 0 amide bonds. The minimum Gasteiger partial charge on any atom is -0.344 e. The van der Waals surface area contributed by atoms with E-state index in [-0.39, 0.29) is 0 Å². The van der Waals surface area contributed by atoms with Crippen molar-refractivity contribution >= 4 is 5.95 Å². The summed E-state index contributed by atoms with van der Waals surface area (Å²) < 4.78 is 0. The van der Waals surface area contributed by atoms with Gasteiger partial charge in [0, 0.05) is 37.6 Å². The summed E-state index contributed by atoms with van der Waals surface area (Å²) >= 11 is 0. The van der Waals surface area contributed by atoms with Crippen molar-refractivity contribution in [3.05, 3.63) is 17.5 Å². The maximum absolute atomic E-state index is 4.61. The summed E-state index contributed by atoms with van der Waals surface area (Å²) in [6, 6.07) is 0. The van der Waals surface area contributed by atoms with E-state index >= 15 is 0 Å². The summed E-state index contributed by atoms with van der Waals surface area (Å²) in [6.07, 6.45) is 3.30. The van der Waals surface area contributed by atoms with Crippen LogP contribution >= 0.6 is 0 Å². The van der Waals surface area contributed by atoms with Gasteiger partial charge in [-0.1, -0.05) is 13.8 Å². The summed E-state index contributed by atoms with van der Waals surface area (Å²) in [5.41, 5.74) is 2.27. The number of aromatic nitrogens is 2. The molecule has 0 aromatic carbocycles. The molecule has 1 aliphatic rings. The lowest BCUT2D eigenvalue weighted by atomic mass is 10.2. The Bertz CT molecular complexity index is 405. The quantitative estimate of drug-likeness (QED) is 0.836. The predicted molar refractivity (Wildman–Crippen MR) is 74.7 cm³/mol. The molecule has 1 N–H and O–H groups in total. The zero-order valence-corrected chi connectivity index (χ0v) is 11.9. The summed E-state index contributed by atoms with van der Waals surface area (Å²) in [5.74, 6) is 2.56. The van der Waals surface area contributed by atoms with Crippen LogP contribution in [-0.2, 0) is 6.54 Å². The normalized spacial score (nSPS) is 22.0. The Morgan fingerprint density at radius 3 is 2.78 bits per heavy atom. The van der Waals surface area contributed by atoms with Crippen molar-refractivity contribution in [3.63, 3.8) is 0 Å². The largest absolute Gasteiger partial charge is 0.344 e. The van der Waals surface area contributed by atoms with E-state index in [0.717, 1.165) is 43.1 Å². The van der Waals surface area contributed by atoms with Gasteiger partial charge < -0.3 is 10.2 Å². The molecule has 4 heteroatoms. The van der Waals surface area contributed by atoms with E-state index in [4.69, 9.17) is 0 Å². The van der Waals surface area contributed by atoms with Crippen molar-refractivity contribution in [2.45, 2.75) is 33.7 Å². The Labute approximate surface area is 110 Å². The Balaban J connectivity index is 1.98. The van der Waals surface area contributed by atoms with Crippen LogP contribution in [0.5, 0.6) is 0 Å². The van der Waals surface area contributed by atoms with Crippen molar-refractivity contribution in [1.82, 2.24) is 15.3 Å². The second-order valence-corrected chi connectivity index (χ2v) is 5.41. The van der Waals surface area contributed by atoms with Crippen LogP contribution in [0.4, 0.5) is 5.95 Å². The van der Waals surface area contributed by atoms with Gasteiger partial charge >= 0.3 is 0 Å². The summed E-state index contributed by atoms with van der Waals surface area (Å²) in [5, 5.41) is 3.31. The number of nitrogens with zero attached hydrogens (tertiary/aromatic N) is 3. The van der Waals surface area contributed by atoms with Crippen LogP contribution in [0.1, 0.15) is 31.5 Å². The monoisotopic (exact) mass is 248 g/mol. The lowest BCUT2D eigenvalue weighted by molar-refractivity contribution is 0.698. The Morgan fingerprint density at radius 2 is 2.22 bits per heavy atom. The fraction of sp³-hybridized carbons (Fsp3) is 0.714. The van der Waals surface area contributed by atoms with Crippen LogP contribution in [0.15, 0.2) is 6.20 Å². The molecule has 0 radical (unpaired) electrons. The van der Waals surface area contributed by atoms with Crippen LogP contribution in [-0.4, -0.2) is 30.1 Å². The van der Waals surface area contributed by atoms with Gasteiger partial charge in [0.15, 0.2) is 0 Å². The van der Waals surface area contributed by atoms with Gasteiger partial charge in [-0.3, -0.25) is 0 Å². The van der Waals surface area contributed by atoms with Gasteiger partial charge in [-0.25, -0.2) is 9.97 Å². The van der Waals surface area contributed by atoms with E-state index in [2.05, 4.69) is 48.0 Å². The Kier molecular flexibility index (Phi) is 4.17. The third kappa shape index (κ3) is 3.19. The molecule has 1 aromatic rings. The van der Waals surface area contributed by atoms with Crippen molar-refractivity contribution in [2.24, 2.45) is 11.8 Å². The van der Waals surface area contributed by atoms with Crippen molar-refractivity contribution in [1.29, 1.82) is 0 Å². The highest BCUT2D eigenvalue weighted by atomic mass is 15.2. The highest BCUT2D eigenvalue weighted by Crippen LogP contribution is 2.38. The average Bonchev–Trinajstić information content (AvgIpc) is 3.03. The van der Waals surface area contributed by atoms with Crippen LogP contribution in [0.2, 0.25) is 0 Å². The number of rotatable bonds is 6. The molecule has 0 bridgehead atoms. The maximum atomic E-state index is 4.61. The maximum Gasteiger partial charge on any atom is 0.225 e. The topological polar surface area (TPSA) is 41.1 Å². The number of hydrogen-bond donors (Lipinski definition) is 1. The molecule has 2 rings (SSSR count). The molecule has 18 heavy (non-hydrogen) atoms. The Morgan fingerprint density at radius 1 is 1.50 bits per heavy atom.